The maximum atomic E-state index is 5.50. The summed E-state index contributed by atoms with van der Waals surface area (Å²) in [6, 6.07) is 1.78. The number of hydrogen-bond donors (Lipinski definition) is 2. The lowest BCUT2D eigenvalue weighted by atomic mass is 10.2. The van der Waals surface area contributed by atoms with Gasteiger partial charge in [0.15, 0.2) is 5.82 Å². The summed E-state index contributed by atoms with van der Waals surface area (Å²) in [6.07, 6.45) is 7.29. The summed E-state index contributed by atoms with van der Waals surface area (Å²) >= 11 is 0. The zero-order valence-corrected chi connectivity index (χ0v) is 11.9. The fraction of sp³-hybridized carbons (Fsp3) is 0.231. The molecule has 8 nitrogen and oxygen atoms in total. The predicted octanol–water partition coefficient (Wildman–Crippen LogP) is 1.05. The van der Waals surface area contributed by atoms with Crippen LogP contribution in [0.25, 0.3) is 22.6 Å². The molecule has 0 saturated carbocycles. The van der Waals surface area contributed by atoms with Crippen molar-refractivity contribution in [3.63, 3.8) is 0 Å². The number of aromatic nitrogens is 6. The van der Waals surface area contributed by atoms with E-state index >= 15 is 0 Å². The van der Waals surface area contributed by atoms with Gasteiger partial charge in [-0.3, -0.25) is 9.36 Å². The molecule has 0 aliphatic carbocycles. The molecule has 21 heavy (non-hydrogen) atoms. The van der Waals surface area contributed by atoms with E-state index in [0.717, 1.165) is 23.4 Å². The van der Waals surface area contributed by atoms with Gasteiger partial charge in [-0.1, -0.05) is 0 Å². The van der Waals surface area contributed by atoms with Crippen LogP contribution in [0.15, 0.2) is 30.9 Å². The first-order chi connectivity index (χ1) is 10.2. The van der Waals surface area contributed by atoms with Crippen molar-refractivity contribution >= 4 is 5.82 Å². The summed E-state index contributed by atoms with van der Waals surface area (Å²) in [7, 11) is 1.86. The maximum Gasteiger partial charge on any atom is 0.165 e. The Morgan fingerprint density at radius 3 is 2.57 bits per heavy atom. The van der Waals surface area contributed by atoms with Crippen molar-refractivity contribution in [3.8, 4) is 22.6 Å². The molecule has 3 rings (SSSR count). The van der Waals surface area contributed by atoms with Gasteiger partial charge in [-0.15, -0.1) is 0 Å². The Bertz CT molecular complexity index is 757. The summed E-state index contributed by atoms with van der Waals surface area (Å²) in [5.41, 5.74) is 5.07. The highest BCUT2D eigenvalue weighted by molar-refractivity contribution is 5.65. The van der Waals surface area contributed by atoms with Gasteiger partial charge < -0.3 is 5.43 Å². The Morgan fingerprint density at radius 2 is 1.95 bits per heavy atom. The van der Waals surface area contributed by atoms with Gasteiger partial charge >= 0.3 is 0 Å². The Balaban J connectivity index is 2.08. The summed E-state index contributed by atoms with van der Waals surface area (Å²) in [4.78, 5) is 8.94. The summed E-state index contributed by atoms with van der Waals surface area (Å²) < 4.78 is 3.55. The highest BCUT2D eigenvalue weighted by Crippen LogP contribution is 2.23. The number of hydrogen-bond acceptors (Lipinski definition) is 6. The second-order valence-electron chi connectivity index (χ2n) is 4.59. The van der Waals surface area contributed by atoms with Gasteiger partial charge in [0.2, 0.25) is 0 Å². The van der Waals surface area contributed by atoms with E-state index < -0.39 is 0 Å². The summed E-state index contributed by atoms with van der Waals surface area (Å²) in [5, 5.41) is 8.40. The molecule has 3 aromatic rings. The number of nitrogen functional groups attached to an aromatic ring is 1. The van der Waals surface area contributed by atoms with E-state index in [0.29, 0.717) is 11.6 Å². The quantitative estimate of drug-likeness (QED) is 0.548. The molecule has 0 saturated heterocycles. The third kappa shape index (κ3) is 2.61. The van der Waals surface area contributed by atoms with Crippen molar-refractivity contribution in [2.45, 2.75) is 13.5 Å². The Kier molecular flexibility index (Phi) is 3.36. The number of anilines is 1. The number of nitrogens with two attached hydrogens (primary N) is 1. The molecule has 0 atom stereocenters. The molecular formula is C13H16N8. The van der Waals surface area contributed by atoms with Crippen LogP contribution in [0.3, 0.4) is 0 Å². The van der Waals surface area contributed by atoms with Crippen LogP contribution in [0.4, 0.5) is 5.82 Å². The first-order valence-electron chi connectivity index (χ1n) is 6.57. The Hall–Kier alpha value is -2.74. The van der Waals surface area contributed by atoms with Crippen molar-refractivity contribution in [2.24, 2.45) is 12.9 Å². The van der Waals surface area contributed by atoms with Crippen LogP contribution >= 0.6 is 0 Å². The molecular weight excluding hydrogens is 268 g/mol. The molecule has 3 heterocycles. The van der Waals surface area contributed by atoms with E-state index in [1.54, 1.807) is 23.1 Å². The number of hydrazine groups is 1. The van der Waals surface area contributed by atoms with Crippen molar-refractivity contribution in [2.75, 3.05) is 5.43 Å². The van der Waals surface area contributed by atoms with Gasteiger partial charge in [-0.2, -0.15) is 10.2 Å². The first kappa shape index (κ1) is 13.3. The zero-order valence-electron chi connectivity index (χ0n) is 11.9. The lowest BCUT2D eigenvalue weighted by Gasteiger charge is -2.05. The summed E-state index contributed by atoms with van der Waals surface area (Å²) in [5.74, 6) is 6.62. The minimum atomic E-state index is 0.545. The second-order valence-corrected chi connectivity index (χ2v) is 4.59. The average Bonchev–Trinajstić information content (AvgIpc) is 3.15. The third-order valence-corrected chi connectivity index (χ3v) is 3.09. The topological polar surface area (TPSA) is 99.5 Å². The van der Waals surface area contributed by atoms with E-state index in [9.17, 15) is 0 Å². The molecule has 108 valence electrons. The number of rotatable bonds is 4. The smallest absolute Gasteiger partial charge is 0.165 e. The highest BCUT2D eigenvalue weighted by atomic mass is 15.3. The molecule has 0 bridgehead atoms. The van der Waals surface area contributed by atoms with Gasteiger partial charge in [0, 0.05) is 37.6 Å². The lowest BCUT2D eigenvalue weighted by Crippen LogP contribution is -2.09. The number of aryl methyl sites for hydroxylation is 2. The normalized spacial score (nSPS) is 10.8. The molecule has 3 aromatic heterocycles. The Labute approximate surface area is 121 Å². The van der Waals surface area contributed by atoms with Crippen molar-refractivity contribution < 1.29 is 0 Å². The average molecular weight is 284 g/mol. The van der Waals surface area contributed by atoms with E-state index in [-0.39, 0.29) is 0 Å². The standard InChI is InChI=1S/C13H16N8/c1-3-21-8-10(6-16-21)13-17-11(4-12(18-13)19-14)9-5-15-20(2)7-9/h4-8H,3,14H2,1-2H3,(H,17,18,19). The molecule has 0 aliphatic heterocycles. The Morgan fingerprint density at radius 1 is 1.14 bits per heavy atom. The lowest BCUT2D eigenvalue weighted by molar-refractivity contribution is 0.660. The molecule has 0 fully saturated rings. The molecule has 0 aromatic carbocycles. The number of nitrogens with one attached hydrogen (secondary N) is 1. The minimum absolute atomic E-state index is 0.545. The van der Waals surface area contributed by atoms with Gasteiger partial charge in [0.1, 0.15) is 5.82 Å². The van der Waals surface area contributed by atoms with Gasteiger partial charge in [-0.05, 0) is 6.92 Å². The van der Waals surface area contributed by atoms with Gasteiger partial charge in [0.05, 0.1) is 23.7 Å². The molecule has 3 N–H and O–H groups in total. The third-order valence-electron chi connectivity index (χ3n) is 3.09. The molecule has 0 amide bonds. The van der Waals surface area contributed by atoms with Gasteiger partial charge in [-0.25, -0.2) is 15.8 Å². The van der Waals surface area contributed by atoms with E-state index in [1.807, 2.05) is 31.0 Å². The van der Waals surface area contributed by atoms with Crippen LogP contribution in [0.2, 0.25) is 0 Å². The number of nitrogens with zero attached hydrogens (tertiary/aromatic N) is 6. The minimum Gasteiger partial charge on any atom is -0.308 e. The largest absolute Gasteiger partial charge is 0.308 e. The van der Waals surface area contributed by atoms with Crippen molar-refractivity contribution in [3.05, 3.63) is 30.9 Å². The SMILES string of the molecule is CCn1cc(-c2nc(NN)cc(-c3cnn(C)c3)n2)cn1. The van der Waals surface area contributed by atoms with Crippen LogP contribution in [-0.4, -0.2) is 29.5 Å². The van der Waals surface area contributed by atoms with Crippen LogP contribution in [0.1, 0.15) is 6.92 Å². The fourth-order valence-electron chi connectivity index (χ4n) is 2.00. The monoisotopic (exact) mass is 284 g/mol. The van der Waals surface area contributed by atoms with Crippen LogP contribution in [-0.2, 0) is 13.6 Å². The maximum absolute atomic E-state index is 5.50. The fourth-order valence-corrected chi connectivity index (χ4v) is 2.00. The molecule has 8 heteroatoms. The van der Waals surface area contributed by atoms with E-state index in [1.165, 1.54) is 0 Å². The van der Waals surface area contributed by atoms with Gasteiger partial charge in [0.25, 0.3) is 0 Å². The summed E-state index contributed by atoms with van der Waals surface area (Å²) in [6.45, 7) is 2.82. The molecule has 0 radical (unpaired) electrons. The van der Waals surface area contributed by atoms with E-state index in [4.69, 9.17) is 5.84 Å². The van der Waals surface area contributed by atoms with Crippen molar-refractivity contribution in [1.29, 1.82) is 0 Å². The zero-order chi connectivity index (χ0) is 14.8. The van der Waals surface area contributed by atoms with E-state index in [2.05, 4.69) is 25.6 Å². The van der Waals surface area contributed by atoms with Crippen LogP contribution in [0.5, 0.6) is 0 Å². The predicted molar refractivity (Wildman–Crippen MR) is 78.9 cm³/mol. The van der Waals surface area contributed by atoms with Crippen LogP contribution < -0.4 is 11.3 Å². The molecule has 0 spiro atoms. The molecule has 0 unspecified atom stereocenters. The first-order valence-corrected chi connectivity index (χ1v) is 6.57. The highest BCUT2D eigenvalue weighted by Gasteiger charge is 2.11. The second kappa shape index (κ2) is 5.33. The molecule has 0 aliphatic rings. The van der Waals surface area contributed by atoms with Crippen molar-refractivity contribution in [1.82, 2.24) is 29.5 Å². The van der Waals surface area contributed by atoms with Crippen LogP contribution in [0, 0.1) is 0 Å².